The molecule has 0 bridgehead atoms. The van der Waals surface area contributed by atoms with Crippen LogP contribution in [0.15, 0.2) is 83.8 Å². The summed E-state index contributed by atoms with van der Waals surface area (Å²) >= 11 is 7.60. The van der Waals surface area contributed by atoms with Gasteiger partial charge in [-0.25, -0.2) is 13.2 Å². The molecule has 37 heavy (non-hydrogen) atoms. The molecule has 3 aromatic rings. The molecule has 0 radical (unpaired) electrons. The van der Waals surface area contributed by atoms with Crippen LogP contribution in [0.25, 0.3) is 0 Å². The van der Waals surface area contributed by atoms with Crippen molar-refractivity contribution in [3.63, 3.8) is 0 Å². The third-order valence-electron chi connectivity index (χ3n) is 6.39. The molecule has 0 unspecified atom stereocenters. The van der Waals surface area contributed by atoms with Gasteiger partial charge in [0.2, 0.25) is 10.0 Å². The molecule has 0 spiro atoms. The van der Waals surface area contributed by atoms with E-state index in [1.54, 1.807) is 30.3 Å². The quantitative estimate of drug-likeness (QED) is 0.375. The lowest BCUT2D eigenvalue weighted by molar-refractivity contribution is -0.143. The Bertz CT molecular complexity index is 1370. The summed E-state index contributed by atoms with van der Waals surface area (Å²) in [4.78, 5) is 24.5. The number of esters is 1. The van der Waals surface area contributed by atoms with Crippen LogP contribution >= 0.6 is 23.4 Å². The van der Waals surface area contributed by atoms with Crippen molar-refractivity contribution < 1.29 is 27.9 Å². The molecule has 0 aliphatic carbocycles. The van der Waals surface area contributed by atoms with Crippen molar-refractivity contribution in [1.29, 1.82) is 0 Å². The van der Waals surface area contributed by atoms with Crippen molar-refractivity contribution in [2.45, 2.75) is 28.4 Å². The van der Waals surface area contributed by atoms with Gasteiger partial charge in [0, 0.05) is 22.6 Å². The number of thioether (sulfide) groups is 1. The SMILES string of the molecule is COC(=O)c1ccccc1S(=O)(=O)N1C[C@@H](C(=O)O)[C@H](SCc2ccccc2)C[C@H]1c1ccc(Cl)cc1. The zero-order chi connectivity index (χ0) is 26.6. The molecule has 7 nitrogen and oxygen atoms in total. The fourth-order valence-electron chi connectivity index (χ4n) is 4.49. The van der Waals surface area contributed by atoms with Crippen molar-refractivity contribution in [3.05, 3.63) is 101 Å². The third kappa shape index (κ3) is 6.01. The molecule has 1 N–H and O–H groups in total. The number of rotatable bonds is 8. The highest BCUT2D eigenvalue weighted by atomic mass is 35.5. The minimum absolute atomic E-state index is 0.104. The number of ether oxygens (including phenoxy) is 1. The van der Waals surface area contributed by atoms with Gasteiger partial charge in [0.1, 0.15) is 0 Å². The van der Waals surface area contributed by atoms with Crippen LogP contribution in [0.4, 0.5) is 0 Å². The zero-order valence-electron chi connectivity index (χ0n) is 20.0. The third-order valence-corrected chi connectivity index (χ3v) is 10.0. The maximum atomic E-state index is 14.0. The fourth-order valence-corrected chi connectivity index (χ4v) is 7.80. The Hall–Kier alpha value is -2.85. The van der Waals surface area contributed by atoms with Crippen LogP contribution in [0, 0.1) is 5.92 Å². The highest BCUT2D eigenvalue weighted by Gasteiger charge is 2.46. The minimum atomic E-state index is -4.29. The first kappa shape index (κ1) is 27.2. The first-order chi connectivity index (χ1) is 17.7. The van der Waals surface area contributed by atoms with E-state index in [-0.39, 0.29) is 28.7 Å². The van der Waals surface area contributed by atoms with Crippen LogP contribution < -0.4 is 0 Å². The van der Waals surface area contributed by atoms with Gasteiger partial charge in [-0.1, -0.05) is 66.2 Å². The number of carboxylic acids is 1. The van der Waals surface area contributed by atoms with Crippen LogP contribution in [0.3, 0.4) is 0 Å². The number of aliphatic carboxylic acids is 1. The monoisotopic (exact) mass is 559 g/mol. The molecule has 10 heteroatoms. The van der Waals surface area contributed by atoms with Crippen LogP contribution in [0.2, 0.25) is 5.02 Å². The van der Waals surface area contributed by atoms with Crippen molar-refractivity contribution in [1.82, 2.24) is 4.31 Å². The maximum Gasteiger partial charge on any atom is 0.339 e. The van der Waals surface area contributed by atoms with E-state index in [1.807, 2.05) is 30.3 Å². The second-order valence-electron chi connectivity index (χ2n) is 8.65. The molecule has 3 aromatic carbocycles. The number of methoxy groups -OCH3 is 1. The predicted molar refractivity (Wildman–Crippen MR) is 143 cm³/mol. The van der Waals surface area contributed by atoms with Crippen LogP contribution in [-0.4, -0.2) is 48.7 Å². The van der Waals surface area contributed by atoms with Crippen LogP contribution in [0.1, 0.15) is 33.9 Å². The molecule has 1 saturated heterocycles. The summed E-state index contributed by atoms with van der Waals surface area (Å²) in [5.41, 5.74) is 1.65. The van der Waals surface area contributed by atoms with E-state index in [9.17, 15) is 23.1 Å². The van der Waals surface area contributed by atoms with Gasteiger partial charge >= 0.3 is 11.9 Å². The number of sulfonamides is 1. The fraction of sp³-hybridized carbons (Fsp3) is 0.259. The highest BCUT2D eigenvalue weighted by molar-refractivity contribution is 7.99. The molecule has 194 valence electrons. The number of carboxylic acid groups (broad SMARTS) is 1. The summed E-state index contributed by atoms with van der Waals surface area (Å²) in [5, 5.41) is 10.3. The van der Waals surface area contributed by atoms with Crippen LogP contribution in [-0.2, 0) is 25.3 Å². The van der Waals surface area contributed by atoms with Gasteiger partial charge in [0.15, 0.2) is 0 Å². The summed E-state index contributed by atoms with van der Waals surface area (Å²) < 4.78 is 34.1. The standard InChI is InChI=1S/C27H26ClNO6S2/c1-35-27(32)21-9-5-6-10-25(21)37(33,34)29-16-22(26(30)31)24(36-17-18-7-3-2-4-8-18)15-23(29)19-11-13-20(28)14-12-19/h2-14,22-24H,15-17H2,1H3,(H,30,31)/t22-,23+,24-/m1/s1. The van der Waals surface area contributed by atoms with E-state index in [4.69, 9.17) is 16.3 Å². The number of carbonyl (C=O) groups excluding carboxylic acids is 1. The Morgan fingerprint density at radius 2 is 1.68 bits per heavy atom. The molecule has 1 aliphatic heterocycles. The normalized spacial score (nSPS) is 20.3. The number of carbonyl (C=O) groups is 2. The largest absolute Gasteiger partial charge is 0.481 e. The van der Waals surface area contributed by atoms with Gasteiger partial charge in [-0.2, -0.15) is 16.1 Å². The number of piperidine rings is 1. The number of hydrogen-bond donors (Lipinski definition) is 1. The Balaban J connectivity index is 1.75. The lowest BCUT2D eigenvalue weighted by atomic mass is 9.90. The molecular formula is C27H26ClNO6S2. The molecule has 3 atom stereocenters. The number of halogens is 1. The van der Waals surface area contributed by atoms with Gasteiger partial charge in [0.05, 0.1) is 29.5 Å². The molecule has 4 rings (SSSR count). The maximum absolute atomic E-state index is 14.0. The Kier molecular flexibility index (Phi) is 8.59. The lowest BCUT2D eigenvalue weighted by Gasteiger charge is -2.42. The van der Waals surface area contributed by atoms with Gasteiger partial charge in [-0.3, -0.25) is 4.79 Å². The number of benzene rings is 3. The van der Waals surface area contributed by atoms with E-state index < -0.39 is 33.9 Å². The molecular weight excluding hydrogens is 534 g/mol. The van der Waals surface area contributed by atoms with Crippen molar-refractivity contribution in [2.24, 2.45) is 5.92 Å². The van der Waals surface area contributed by atoms with Crippen LogP contribution in [0.5, 0.6) is 0 Å². The first-order valence-electron chi connectivity index (χ1n) is 11.6. The average molecular weight is 560 g/mol. The summed E-state index contributed by atoms with van der Waals surface area (Å²) in [7, 11) is -3.11. The summed E-state index contributed by atoms with van der Waals surface area (Å²) in [5.74, 6) is -2.20. The van der Waals surface area contributed by atoms with Gasteiger partial charge in [0.25, 0.3) is 0 Å². The molecule has 1 aliphatic rings. The lowest BCUT2D eigenvalue weighted by Crippen LogP contribution is -2.49. The van der Waals surface area contributed by atoms with Crippen molar-refractivity contribution >= 4 is 45.3 Å². The predicted octanol–water partition coefficient (Wildman–Crippen LogP) is 5.27. The summed E-state index contributed by atoms with van der Waals surface area (Å²) in [6.45, 7) is -0.243. The molecule has 1 fully saturated rings. The molecule has 0 saturated carbocycles. The molecule has 0 amide bonds. The Morgan fingerprint density at radius 3 is 2.32 bits per heavy atom. The Labute approximate surface area is 225 Å². The molecule has 0 aromatic heterocycles. The number of nitrogens with zero attached hydrogens (tertiary/aromatic N) is 1. The van der Waals surface area contributed by atoms with E-state index in [2.05, 4.69) is 0 Å². The smallest absolute Gasteiger partial charge is 0.339 e. The van der Waals surface area contributed by atoms with E-state index in [0.29, 0.717) is 16.3 Å². The second kappa shape index (κ2) is 11.7. The summed E-state index contributed by atoms with van der Waals surface area (Å²) in [6.07, 6.45) is 0.274. The minimum Gasteiger partial charge on any atom is -0.481 e. The van der Waals surface area contributed by atoms with E-state index >= 15 is 0 Å². The van der Waals surface area contributed by atoms with Gasteiger partial charge < -0.3 is 9.84 Å². The van der Waals surface area contributed by atoms with Crippen molar-refractivity contribution in [3.8, 4) is 0 Å². The van der Waals surface area contributed by atoms with Gasteiger partial charge in [-0.05, 0) is 41.8 Å². The van der Waals surface area contributed by atoms with Gasteiger partial charge in [-0.15, -0.1) is 0 Å². The van der Waals surface area contributed by atoms with E-state index in [1.165, 1.54) is 41.4 Å². The number of hydrogen-bond acceptors (Lipinski definition) is 6. The van der Waals surface area contributed by atoms with E-state index in [0.717, 1.165) is 5.56 Å². The Morgan fingerprint density at radius 1 is 1.03 bits per heavy atom. The highest BCUT2D eigenvalue weighted by Crippen LogP contribution is 2.43. The zero-order valence-corrected chi connectivity index (χ0v) is 22.4. The molecule has 1 heterocycles. The van der Waals surface area contributed by atoms with Crippen molar-refractivity contribution in [2.75, 3.05) is 13.7 Å². The summed E-state index contributed by atoms with van der Waals surface area (Å²) in [6, 6.07) is 21.7. The first-order valence-corrected chi connectivity index (χ1v) is 14.4. The second-order valence-corrected chi connectivity index (χ2v) is 12.2. The average Bonchev–Trinajstić information content (AvgIpc) is 2.91. The topological polar surface area (TPSA) is 101 Å².